The van der Waals surface area contributed by atoms with Crippen LogP contribution >= 0.6 is 0 Å². The molecule has 10 aromatic rings. The van der Waals surface area contributed by atoms with Crippen molar-refractivity contribution >= 4 is 0 Å². The molecule has 13 rings (SSSR count). The zero-order valence-electron chi connectivity index (χ0n) is 62.6. The van der Waals surface area contributed by atoms with Gasteiger partial charge in [-0.1, -0.05) is 321 Å². The lowest BCUT2D eigenvalue weighted by Crippen LogP contribution is -2.11. The van der Waals surface area contributed by atoms with Crippen LogP contribution in [0.1, 0.15) is 201 Å². The molecule has 0 atom stereocenters. The number of ether oxygens (including phenoxy) is 4. The zero-order chi connectivity index (χ0) is 70.8. The van der Waals surface area contributed by atoms with Crippen LogP contribution in [0.15, 0.2) is 237 Å². The van der Waals surface area contributed by atoms with Crippen LogP contribution < -0.4 is 14.2 Å². The van der Waals surface area contributed by atoms with Crippen molar-refractivity contribution in [2.45, 2.75) is 203 Å². The van der Waals surface area contributed by atoms with Gasteiger partial charge < -0.3 is 18.9 Å². The van der Waals surface area contributed by atoms with E-state index < -0.39 is 0 Å². The Hall–Kier alpha value is -8.58. The Bertz CT molecular complexity index is 3600. The molecule has 510 valence electrons. The molecule has 0 spiro atoms. The first kappa shape index (κ1) is 75.8. The molecular formula is C91H112N2O4. The van der Waals surface area contributed by atoms with Crippen LogP contribution in [-0.4, -0.2) is 23.4 Å². The number of benzene rings is 8. The summed E-state index contributed by atoms with van der Waals surface area (Å²) in [6, 6.07) is 74.9. The van der Waals surface area contributed by atoms with Crippen LogP contribution in [0.4, 0.5) is 0 Å². The molecule has 0 amide bonds. The van der Waals surface area contributed by atoms with Gasteiger partial charge in [-0.15, -0.1) is 0 Å². The molecule has 0 saturated carbocycles. The third-order valence-corrected chi connectivity index (χ3v) is 17.4. The number of fused-ring (bicyclic) bond motifs is 3. The molecule has 3 aliphatic rings. The minimum Gasteiger partial charge on any atom is -0.493 e. The number of aromatic nitrogens is 2. The summed E-state index contributed by atoms with van der Waals surface area (Å²) in [4.78, 5) is 8.16. The Labute approximate surface area is 585 Å². The molecule has 5 heterocycles. The van der Waals surface area contributed by atoms with Crippen LogP contribution in [0, 0.1) is 0 Å². The van der Waals surface area contributed by atoms with Crippen molar-refractivity contribution in [1.82, 2.24) is 9.97 Å². The topological polar surface area (TPSA) is 62.7 Å². The average Bonchev–Trinajstić information content (AvgIpc) is 1.74. The van der Waals surface area contributed by atoms with E-state index in [2.05, 4.69) is 337 Å². The monoisotopic (exact) mass is 1300 g/mol. The standard InChI is InChI=1S/C16H18.2C15H17N.2C12H16O.C11H14O2.C10H14/c1-16(2,3)15-11-9-14(10-12-15)13-7-5-4-6-8-13;1-15(2,3)14-6-4-12(5-7-14)13-8-10-16-11-9-13;1-15(2,3)14-8-6-12(7-9-14)13-5-4-10-16-11-13;1-12(2,3)11-5-4-9-7-13-8-10(9)6-11;1-12(2,3)10-4-5-11-9(8-10)6-7-13-11;1-11(2,3)8-4-5-9-10(6-8)13-7-12-9;1-10(2,3)9-7-5-4-6-8-9/h4-12H,1-3H3;2*4-11H,1-3H3;4-6H,7-8H2,1-3H3;4-5,8H,6-7H2,1-3H3;4-6H,7H2,1-3H3;4-8H,1-3H3. The largest absolute Gasteiger partial charge is 0.493 e. The number of rotatable bonds is 3. The highest BCUT2D eigenvalue weighted by Gasteiger charge is 2.22. The van der Waals surface area contributed by atoms with Gasteiger partial charge in [0.05, 0.1) is 19.8 Å². The average molecular weight is 1300 g/mol. The van der Waals surface area contributed by atoms with Crippen molar-refractivity contribution in [3.05, 3.63) is 293 Å². The first-order valence-corrected chi connectivity index (χ1v) is 34.6. The van der Waals surface area contributed by atoms with Crippen LogP contribution in [0.5, 0.6) is 17.2 Å². The van der Waals surface area contributed by atoms with Crippen molar-refractivity contribution in [3.63, 3.8) is 0 Å². The van der Waals surface area contributed by atoms with E-state index in [1.54, 1.807) is 6.20 Å². The maximum absolute atomic E-state index is 5.47. The van der Waals surface area contributed by atoms with E-state index in [1.807, 2.05) is 48.9 Å². The Morgan fingerprint density at radius 1 is 0.258 bits per heavy atom. The highest BCUT2D eigenvalue weighted by Crippen LogP contribution is 2.37. The maximum Gasteiger partial charge on any atom is 0.231 e. The van der Waals surface area contributed by atoms with Gasteiger partial charge in [0.25, 0.3) is 0 Å². The summed E-state index contributed by atoms with van der Waals surface area (Å²) in [6.45, 7) is 49.6. The molecule has 8 aromatic carbocycles. The summed E-state index contributed by atoms with van der Waals surface area (Å²) in [5, 5.41) is 0. The lowest BCUT2D eigenvalue weighted by atomic mass is 9.85. The lowest BCUT2D eigenvalue weighted by Gasteiger charge is -2.19. The van der Waals surface area contributed by atoms with E-state index in [4.69, 9.17) is 18.9 Å². The summed E-state index contributed by atoms with van der Waals surface area (Å²) in [6.07, 6.45) is 8.42. The van der Waals surface area contributed by atoms with Gasteiger partial charge in [-0.05, 0) is 163 Å². The van der Waals surface area contributed by atoms with E-state index in [-0.39, 0.29) is 32.5 Å². The fraction of sp³-hybridized carbons (Fsp3) is 0.363. The van der Waals surface area contributed by atoms with Crippen LogP contribution in [0.3, 0.4) is 0 Å². The maximum atomic E-state index is 5.47. The molecule has 0 aliphatic carbocycles. The number of pyridine rings is 2. The predicted molar refractivity (Wildman–Crippen MR) is 412 cm³/mol. The lowest BCUT2D eigenvalue weighted by molar-refractivity contribution is 0.134. The molecular weight excluding hydrogens is 1190 g/mol. The quantitative estimate of drug-likeness (QED) is 0.176. The molecule has 6 nitrogen and oxygen atoms in total. The molecule has 6 heteroatoms. The molecule has 0 N–H and O–H groups in total. The fourth-order valence-corrected chi connectivity index (χ4v) is 10.8. The zero-order valence-corrected chi connectivity index (χ0v) is 62.6. The van der Waals surface area contributed by atoms with E-state index >= 15 is 0 Å². The Balaban J connectivity index is 0.000000160. The van der Waals surface area contributed by atoms with E-state index in [9.17, 15) is 0 Å². The van der Waals surface area contributed by atoms with E-state index in [0.29, 0.717) is 12.2 Å². The summed E-state index contributed by atoms with van der Waals surface area (Å²) >= 11 is 0. The molecule has 0 saturated heterocycles. The molecule has 0 radical (unpaired) electrons. The SMILES string of the molecule is CC(C)(C)c1ccc(-c2ccccc2)cc1.CC(C)(C)c1ccc(-c2cccnc2)cc1.CC(C)(C)c1ccc(-c2ccncc2)cc1.CC(C)(C)c1ccc2c(c1)CCO2.CC(C)(C)c1ccc2c(c1)COC2.CC(C)(C)c1ccc2c(c1)OCO2.CC(C)(C)c1ccccc1. The van der Waals surface area contributed by atoms with Gasteiger partial charge in [0.2, 0.25) is 6.79 Å². The summed E-state index contributed by atoms with van der Waals surface area (Å²) in [5.41, 5.74) is 22.7. The van der Waals surface area contributed by atoms with Crippen molar-refractivity contribution in [1.29, 1.82) is 0 Å². The second-order valence-corrected chi connectivity index (χ2v) is 32.7. The Kier molecular flexibility index (Phi) is 25.9. The normalized spacial score (nSPS) is 13.0. The van der Waals surface area contributed by atoms with Crippen molar-refractivity contribution in [3.8, 4) is 50.6 Å². The smallest absolute Gasteiger partial charge is 0.231 e. The van der Waals surface area contributed by atoms with Crippen LogP contribution in [-0.2, 0) is 62.3 Å². The van der Waals surface area contributed by atoms with Gasteiger partial charge in [0.15, 0.2) is 11.5 Å². The molecule has 3 aliphatic heterocycles. The highest BCUT2D eigenvalue weighted by molar-refractivity contribution is 5.65. The van der Waals surface area contributed by atoms with Gasteiger partial charge in [0.1, 0.15) is 5.75 Å². The summed E-state index contributed by atoms with van der Waals surface area (Å²) in [5.74, 6) is 2.80. The van der Waals surface area contributed by atoms with Gasteiger partial charge in [-0.25, -0.2) is 0 Å². The van der Waals surface area contributed by atoms with Crippen LogP contribution in [0.25, 0.3) is 33.4 Å². The van der Waals surface area contributed by atoms with Crippen molar-refractivity contribution < 1.29 is 18.9 Å². The first-order valence-electron chi connectivity index (χ1n) is 34.6. The highest BCUT2D eigenvalue weighted by atomic mass is 16.7. The van der Waals surface area contributed by atoms with E-state index in [1.165, 1.54) is 89.0 Å². The van der Waals surface area contributed by atoms with Gasteiger partial charge in [0, 0.05) is 31.2 Å². The second-order valence-electron chi connectivity index (χ2n) is 32.7. The Morgan fingerprint density at radius 3 is 1.07 bits per heavy atom. The Morgan fingerprint density at radius 2 is 0.619 bits per heavy atom. The van der Waals surface area contributed by atoms with Crippen LogP contribution in [0.2, 0.25) is 0 Å². The van der Waals surface area contributed by atoms with Gasteiger partial charge >= 0.3 is 0 Å². The first-order chi connectivity index (χ1) is 45.5. The predicted octanol–water partition coefficient (Wildman–Crippen LogP) is 24.4. The second kappa shape index (κ2) is 33.1. The number of nitrogens with zero attached hydrogens (tertiary/aromatic N) is 2. The molecule has 0 fully saturated rings. The third kappa shape index (κ3) is 23.6. The van der Waals surface area contributed by atoms with Crippen molar-refractivity contribution in [2.24, 2.45) is 0 Å². The molecule has 0 unspecified atom stereocenters. The number of hydrogen-bond donors (Lipinski definition) is 0. The summed E-state index contributed by atoms with van der Waals surface area (Å²) in [7, 11) is 0. The molecule has 2 aromatic heterocycles. The fourth-order valence-electron chi connectivity index (χ4n) is 10.8. The summed E-state index contributed by atoms with van der Waals surface area (Å²) < 4.78 is 21.4. The van der Waals surface area contributed by atoms with Crippen molar-refractivity contribution in [2.75, 3.05) is 13.4 Å². The third-order valence-electron chi connectivity index (χ3n) is 17.4. The van der Waals surface area contributed by atoms with Gasteiger partial charge in [-0.2, -0.15) is 0 Å². The minimum atomic E-state index is 0.168. The minimum absolute atomic E-state index is 0.168. The van der Waals surface area contributed by atoms with E-state index in [0.717, 1.165) is 43.5 Å². The van der Waals surface area contributed by atoms with Gasteiger partial charge in [-0.3, -0.25) is 9.97 Å². The number of hydrogen-bond acceptors (Lipinski definition) is 6. The molecule has 0 bridgehead atoms. The molecule has 97 heavy (non-hydrogen) atoms.